The van der Waals surface area contributed by atoms with Crippen molar-refractivity contribution >= 4 is 46.2 Å². The predicted molar refractivity (Wildman–Crippen MR) is 95.4 cm³/mol. The van der Waals surface area contributed by atoms with Crippen molar-refractivity contribution < 1.29 is 0 Å². The van der Waals surface area contributed by atoms with Crippen molar-refractivity contribution in [3.05, 3.63) is 63.6 Å². The summed E-state index contributed by atoms with van der Waals surface area (Å²) in [5.74, 6) is 0. The van der Waals surface area contributed by atoms with Gasteiger partial charge in [-0.05, 0) is 49.8 Å². The molecule has 2 nitrogen and oxygen atoms in total. The fourth-order valence-electron chi connectivity index (χ4n) is 1.88. The molecule has 0 aliphatic heterocycles. The standard InChI is InChI=1S/C16H16Cl2N2S/c1-10-3-5-12(6-4-10)11(2)19-16(21)20-15-8-7-13(17)9-14(15)18/h3-9,11H,1-2H3,(H2,19,20,21). The molecular weight excluding hydrogens is 323 g/mol. The van der Waals surface area contributed by atoms with E-state index in [2.05, 4.69) is 48.7 Å². The number of hydrogen-bond donors (Lipinski definition) is 2. The minimum absolute atomic E-state index is 0.108. The molecule has 110 valence electrons. The Morgan fingerprint density at radius 2 is 1.76 bits per heavy atom. The van der Waals surface area contributed by atoms with E-state index >= 15 is 0 Å². The normalized spacial score (nSPS) is 11.8. The summed E-state index contributed by atoms with van der Waals surface area (Å²) in [5, 5.41) is 7.97. The van der Waals surface area contributed by atoms with E-state index in [1.807, 2.05) is 0 Å². The van der Waals surface area contributed by atoms with Gasteiger partial charge in [-0.1, -0.05) is 53.0 Å². The zero-order valence-electron chi connectivity index (χ0n) is 11.8. The third-order valence-corrected chi connectivity index (χ3v) is 3.87. The van der Waals surface area contributed by atoms with Crippen molar-refractivity contribution in [3.63, 3.8) is 0 Å². The minimum atomic E-state index is 0.108. The predicted octanol–water partition coefficient (Wildman–Crippen LogP) is 5.35. The fraction of sp³-hybridized carbons (Fsp3) is 0.188. The third kappa shape index (κ3) is 4.60. The highest BCUT2D eigenvalue weighted by Gasteiger charge is 2.08. The summed E-state index contributed by atoms with van der Waals surface area (Å²) >= 11 is 17.3. The van der Waals surface area contributed by atoms with Crippen molar-refractivity contribution in [3.8, 4) is 0 Å². The molecule has 0 amide bonds. The molecule has 1 atom stereocenters. The Kier molecular flexibility index (Phi) is 5.45. The molecule has 0 aliphatic carbocycles. The van der Waals surface area contributed by atoms with Crippen LogP contribution < -0.4 is 10.6 Å². The zero-order chi connectivity index (χ0) is 15.4. The highest BCUT2D eigenvalue weighted by molar-refractivity contribution is 7.80. The molecule has 0 saturated heterocycles. The SMILES string of the molecule is Cc1ccc(C(C)NC(=S)Nc2ccc(Cl)cc2Cl)cc1. The molecule has 5 heteroatoms. The first-order valence-corrected chi connectivity index (χ1v) is 7.71. The average Bonchev–Trinajstić information content (AvgIpc) is 2.42. The number of aryl methyl sites for hydroxylation is 1. The number of thiocarbonyl (C=S) groups is 1. The number of nitrogens with one attached hydrogen (secondary N) is 2. The van der Waals surface area contributed by atoms with Crippen LogP contribution in [0.15, 0.2) is 42.5 Å². The Hall–Kier alpha value is -1.29. The van der Waals surface area contributed by atoms with Gasteiger partial charge in [0.15, 0.2) is 5.11 Å². The lowest BCUT2D eigenvalue weighted by Crippen LogP contribution is -2.30. The van der Waals surface area contributed by atoms with Crippen LogP contribution in [0.4, 0.5) is 5.69 Å². The Labute approximate surface area is 140 Å². The van der Waals surface area contributed by atoms with Crippen LogP contribution in [0.5, 0.6) is 0 Å². The summed E-state index contributed by atoms with van der Waals surface area (Å²) < 4.78 is 0. The van der Waals surface area contributed by atoms with E-state index in [4.69, 9.17) is 35.4 Å². The molecule has 0 spiro atoms. The Balaban J connectivity index is 1.99. The smallest absolute Gasteiger partial charge is 0.171 e. The van der Waals surface area contributed by atoms with Gasteiger partial charge in [-0.2, -0.15) is 0 Å². The van der Waals surface area contributed by atoms with Gasteiger partial charge in [0.05, 0.1) is 16.8 Å². The maximum absolute atomic E-state index is 6.11. The summed E-state index contributed by atoms with van der Waals surface area (Å²) in [6, 6.07) is 13.7. The van der Waals surface area contributed by atoms with Gasteiger partial charge in [0.1, 0.15) is 0 Å². The fourth-order valence-corrected chi connectivity index (χ4v) is 2.63. The minimum Gasteiger partial charge on any atom is -0.356 e. The van der Waals surface area contributed by atoms with E-state index < -0.39 is 0 Å². The molecule has 0 saturated carbocycles. The Bertz CT molecular complexity index is 641. The molecular formula is C16H16Cl2N2S. The van der Waals surface area contributed by atoms with Crippen LogP contribution >= 0.6 is 35.4 Å². The summed E-state index contributed by atoms with van der Waals surface area (Å²) in [5.41, 5.74) is 3.14. The van der Waals surface area contributed by atoms with Crippen LogP contribution in [-0.2, 0) is 0 Å². The molecule has 21 heavy (non-hydrogen) atoms. The van der Waals surface area contributed by atoms with Gasteiger partial charge in [0, 0.05) is 5.02 Å². The van der Waals surface area contributed by atoms with Gasteiger partial charge < -0.3 is 10.6 Å². The van der Waals surface area contributed by atoms with Crippen molar-refractivity contribution in [2.24, 2.45) is 0 Å². The van der Waals surface area contributed by atoms with Crippen LogP contribution in [-0.4, -0.2) is 5.11 Å². The van der Waals surface area contributed by atoms with E-state index in [0.717, 1.165) is 5.69 Å². The number of rotatable bonds is 3. The topological polar surface area (TPSA) is 24.1 Å². The van der Waals surface area contributed by atoms with E-state index in [9.17, 15) is 0 Å². The highest BCUT2D eigenvalue weighted by atomic mass is 35.5. The van der Waals surface area contributed by atoms with Crippen LogP contribution in [0, 0.1) is 6.92 Å². The summed E-state index contributed by atoms with van der Waals surface area (Å²) in [7, 11) is 0. The second-order valence-electron chi connectivity index (χ2n) is 4.86. The monoisotopic (exact) mass is 338 g/mol. The van der Waals surface area contributed by atoms with Gasteiger partial charge >= 0.3 is 0 Å². The molecule has 2 aromatic carbocycles. The average molecular weight is 339 g/mol. The number of anilines is 1. The van der Waals surface area contributed by atoms with E-state index in [1.54, 1.807) is 18.2 Å². The molecule has 0 bridgehead atoms. The lowest BCUT2D eigenvalue weighted by molar-refractivity contribution is 0.722. The maximum atomic E-state index is 6.11. The van der Waals surface area contributed by atoms with E-state index in [1.165, 1.54) is 11.1 Å². The molecule has 2 aromatic rings. The van der Waals surface area contributed by atoms with Crippen LogP contribution in [0.2, 0.25) is 10.0 Å². The Morgan fingerprint density at radius 1 is 1.10 bits per heavy atom. The van der Waals surface area contributed by atoms with Crippen molar-refractivity contribution in [1.82, 2.24) is 5.32 Å². The van der Waals surface area contributed by atoms with Gasteiger partial charge in [-0.15, -0.1) is 0 Å². The van der Waals surface area contributed by atoms with Crippen LogP contribution in [0.3, 0.4) is 0 Å². The van der Waals surface area contributed by atoms with Gasteiger partial charge in [-0.25, -0.2) is 0 Å². The van der Waals surface area contributed by atoms with Crippen LogP contribution in [0.25, 0.3) is 0 Å². The molecule has 0 radical (unpaired) electrons. The number of halogens is 2. The summed E-state index contributed by atoms with van der Waals surface area (Å²) in [6.07, 6.45) is 0. The third-order valence-electron chi connectivity index (χ3n) is 3.10. The van der Waals surface area contributed by atoms with Crippen molar-refractivity contribution in [1.29, 1.82) is 0 Å². The van der Waals surface area contributed by atoms with Crippen molar-refractivity contribution in [2.75, 3.05) is 5.32 Å². The second-order valence-corrected chi connectivity index (χ2v) is 6.11. The molecule has 2 rings (SSSR count). The van der Waals surface area contributed by atoms with Gasteiger partial charge in [0.25, 0.3) is 0 Å². The maximum Gasteiger partial charge on any atom is 0.171 e. The summed E-state index contributed by atoms with van der Waals surface area (Å²) in [4.78, 5) is 0. The molecule has 0 aromatic heterocycles. The number of hydrogen-bond acceptors (Lipinski definition) is 1. The first-order chi connectivity index (χ1) is 9.95. The molecule has 0 heterocycles. The van der Waals surface area contributed by atoms with E-state index in [0.29, 0.717) is 15.2 Å². The highest BCUT2D eigenvalue weighted by Crippen LogP contribution is 2.25. The largest absolute Gasteiger partial charge is 0.356 e. The molecule has 2 N–H and O–H groups in total. The quantitative estimate of drug-likeness (QED) is 0.737. The van der Waals surface area contributed by atoms with Gasteiger partial charge in [-0.3, -0.25) is 0 Å². The van der Waals surface area contributed by atoms with Gasteiger partial charge in [0.2, 0.25) is 0 Å². The van der Waals surface area contributed by atoms with Crippen LogP contribution in [0.1, 0.15) is 24.1 Å². The molecule has 0 aliphatic rings. The van der Waals surface area contributed by atoms with Crippen molar-refractivity contribution in [2.45, 2.75) is 19.9 Å². The first kappa shape index (κ1) is 16.1. The zero-order valence-corrected chi connectivity index (χ0v) is 14.1. The lowest BCUT2D eigenvalue weighted by Gasteiger charge is -2.18. The molecule has 1 unspecified atom stereocenters. The molecule has 0 fully saturated rings. The lowest BCUT2D eigenvalue weighted by atomic mass is 10.1. The first-order valence-electron chi connectivity index (χ1n) is 6.55. The van der Waals surface area contributed by atoms with E-state index in [-0.39, 0.29) is 6.04 Å². The second kappa shape index (κ2) is 7.12. The summed E-state index contributed by atoms with van der Waals surface area (Å²) in [6.45, 7) is 4.12. The number of benzene rings is 2. The Morgan fingerprint density at radius 3 is 2.38 bits per heavy atom.